The third-order valence-corrected chi connectivity index (χ3v) is 4.68. The second-order valence-electron chi connectivity index (χ2n) is 6.10. The highest BCUT2D eigenvalue weighted by Crippen LogP contribution is 2.25. The van der Waals surface area contributed by atoms with Crippen LogP contribution >= 0.6 is 0 Å². The number of rotatable bonds is 3. The molecule has 3 nitrogen and oxygen atoms in total. The molecule has 1 saturated heterocycles. The van der Waals surface area contributed by atoms with Crippen LogP contribution in [0.15, 0.2) is 18.2 Å². The largest absolute Gasteiger partial charge is 0.325 e. The zero-order valence-corrected chi connectivity index (χ0v) is 12.3. The molecule has 1 amide bonds. The summed E-state index contributed by atoms with van der Waals surface area (Å²) in [6.45, 7) is 4.13. The quantitative estimate of drug-likeness (QED) is 0.917. The van der Waals surface area contributed by atoms with Gasteiger partial charge in [-0.25, -0.2) is 0 Å². The number of hydrogen-bond acceptors (Lipinski definition) is 2. The Morgan fingerprint density at radius 1 is 1.10 bits per heavy atom. The molecule has 3 rings (SSSR count). The number of amides is 1. The second kappa shape index (κ2) is 5.96. The number of piperidine rings is 1. The van der Waals surface area contributed by atoms with E-state index in [1.54, 1.807) is 0 Å². The van der Waals surface area contributed by atoms with Gasteiger partial charge in [0.05, 0.1) is 6.04 Å². The summed E-state index contributed by atoms with van der Waals surface area (Å²) in [7, 11) is 0. The Morgan fingerprint density at radius 3 is 2.65 bits per heavy atom. The van der Waals surface area contributed by atoms with Gasteiger partial charge in [0.1, 0.15) is 0 Å². The van der Waals surface area contributed by atoms with Gasteiger partial charge in [0.15, 0.2) is 0 Å². The molecule has 0 aromatic heterocycles. The number of benzene rings is 1. The second-order valence-corrected chi connectivity index (χ2v) is 6.10. The first-order valence-corrected chi connectivity index (χ1v) is 7.91. The number of carbonyl (C=O) groups is 1. The zero-order chi connectivity index (χ0) is 13.9. The summed E-state index contributed by atoms with van der Waals surface area (Å²) in [6.07, 6.45) is 7.33. The van der Waals surface area contributed by atoms with Crippen molar-refractivity contribution in [1.29, 1.82) is 0 Å². The van der Waals surface area contributed by atoms with Crippen molar-refractivity contribution < 1.29 is 4.79 Å². The molecule has 1 aromatic rings. The Labute approximate surface area is 121 Å². The summed E-state index contributed by atoms with van der Waals surface area (Å²) >= 11 is 0. The maximum Gasteiger partial charge on any atom is 0.241 e. The predicted octanol–water partition coefficient (Wildman–Crippen LogP) is 2.99. The number of hydrogen-bond donors (Lipinski definition) is 1. The third kappa shape index (κ3) is 2.88. The molecule has 0 radical (unpaired) electrons. The summed E-state index contributed by atoms with van der Waals surface area (Å²) in [4.78, 5) is 14.7. The molecule has 1 aliphatic heterocycles. The fourth-order valence-corrected chi connectivity index (χ4v) is 3.37. The molecule has 0 bridgehead atoms. The Bertz CT molecular complexity index is 492. The number of fused-ring (bicyclic) bond motifs is 1. The van der Waals surface area contributed by atoms with E-state index in [-0.39, 0.29) is 11.9 Å². The van der Waals surface area contributed by atoms with Gasteiger partial charge in [-0.15, -0.1) is 0 Å². The molecule has 1 aliphatic carbocycles. The molecule has 1 aromatic carbocycles. The lowest BCUT2D eigenvalue weighted by Crippen LogP contribution is -2.44. The number of anilines is 1. The van der Waals surface area contributed by atoms with Crippen LogP contribution < -0.4 is 5.32 Å². The van der Waals surface area contributed by atoms with Crippen molar-refractivity contribution in [3.05, 3.63) is 29.3 Å². The van der Waals surface area contributed by atoms with Crippen molar-refractivity contribution in [2.24, 2.45) is 0 Å². The molecule has 0 spiro atoms. The molecular formula is C17H24N2O. The minimum atomic E-state index is -0.0245. The first-order chi connectivity index (χ1) is 9.74. The lowest BCUT2D eigenvalue weighted by atomic mass is 10.1. The smallest absolute Gasteiger partial charge is 0.241 e. The summed E-state index contributed by atoms with van der Waals surface area (Å²) in [6, 6.07) is 6.35. The Balaban J connectivity index is 1.63. The number of nitrogens with one attached hydrogen (secondary N) is 1. The lowest BCUT2D eigenvalue weighted by molar-refractivity contribution is -0.121. The average molecular weight is 272 g/mol. The molecule has 20 heavy (non-hydrogen) atoms. The highest BCUT2D eigenvalue weighted by Gasteiger charge is 2.23. The summed E-state index contributed by atoms with van der Waals surface area (Å²) in [5.41, 5.74) is 3.82. The van der Waals surface area contributed by atoms with Gasteiger partial charge in [0.2, 0.25) is 5.91 Å². The molecule has 2 aliphatic rings. The predicted molar refractivity (Wildman–Crippen MR) is 82.0 cm³/mol. The first-order valence-electron chi connectivity index (χ1n) is 7.91. The SMILES string of the molecule is C[C@H](C(=O)Nc1ccc2c(c1)CCC2)N1CCCCC1. The van der Waals surface area contributed by atoms with E-state index < -0.39 is 0 Å². The lowest BCUT2D eigenvalue weighted by Gasteiger charge is -2.31. The maximum absolute atomic E-state index is 12.4. The molecule has 108 valence electrons. The standard InChI is InChI=1S/C17H24N2O/c1-13(19-10-3-2-4-11-19)17(20)18-16-9-8-14-6-5-7-15(14)12-16/h8-9,12-13H,2-7,10-11H2,1H3,(H,18,20)/t13-/m1/s1. The van der Waals surface area contributed by atoms with E-state index >= 15 is 0 Å². The first kappa shape index (κ1) is 13.6. The van der Waals surface area contributed by atoms with Crippen LogP contribution in [0.4, 0.5) is 5.69 Å². The third-order valence-electron chi connectivity index (χ3n) is 4.68. The van der Waals surface area contributed by atoms with Crippen LogP contribution in [0.5, 0.6) is 0 Å². The Morgan fingerprint density at radius 2 is 1.85 bits per heavy atom. The number of likely N-dealkylation sites (tertiary alicyclic amines) is 1. The topological polar surface area (TPSA) is 32.3 Å². The van der Waals surface area contributed by atoms with Crippen LogP contribution in [-0.4, -0.2) is 29.9 Å². The van der Waals surface area contributed by atoms with Gasteiger partial charge in [-0.05, 0) is 75.4 Å². The minimum Gasteiger partial charge on any atom is -0.325 e. The highest BCUT2D eigenvalue weighted by molar-refractivity contribution is 5.94. The van der Waals surface area contributed by atoms with E-state index in [2.05, 4.69) is 22.3 Å². The van der Waals surface area contributed by atoms with E-state index in [0.29, 0.717) is 0 Å². The highest BCUT2D eigenvalue weighted by atomic mass is 16.2. The fourth-order valence-electron chi connectivity index (χ4n) is 3.37. The van der Waals surface area contributed by atoms with Crippen molar-refractivity contribution >= 4 is 11.6 Å². The maximum atomic E-state index is 12.4. The van der Waals surface area contributed by atoms with Crippen LogP contribution in [0.25, 0.3) is 0 Å². The molecule has 1 atom stereocenters. The molecule has 1 fully saturated rings. The van der Waals surface area contributed by atoms with Crippen LogP contribution in [0, 0.1) is 0 Å². The van der Waals surface area contributed by atoms with Gasteiger partial charge in [0.25, 0.3) is 0 Å². The summed E-state index contributed by atoms with van der Waals surface area (Å²) < 4.78 is 0. The van der Waals surface area contributed by atoms with Crippen molar-refractivity contribution in [3.8, 4) is 0 Å². The van der Waals surface area contributed by atoms with Crippen molar-refractivity contribution in [1.82, 2.24) is 4.90 Å². The molecule has 3 heteroatoms. The molecule has 1 heterocycles. The number of carbonyl (C=O) groups excluding carboxylic acids is 1. The minimum absolute atomic E-state index is 0.0245. The Kier molecular flexibility index (Phi) is 4.06. The van der Waals surface area contributed by atoms with Gasteiger partial charge < -0.3 is 5.32 Å². The van der Waals surface area contributed by atoms with Crippen molar-refractivity contribution in [2.45, 2.75) is 51.5 Å². The van der Waals surface area contributed by atoms with Gasteiger partial charge >= 0.3 is 0 Å². The fraction of sp³-hybridized carbons (Fsp3) is 0.588. The van der Waals surface area contributed by atoms with E-state index in [4.69, 9.17) is 0 Å². The summed E-state index contributed by atoms with van der Waals surface area (Å²) in [5, 5.41) is 3.09. The number of aryl methyl sites for hydroxylation is 2. The number of nitrogens with zero attached hydrogens (tertiary/aromatic N) is 1. The van der Waals surface area contributed by atoms with Crippen molar-refractivity contribution in [3.63, 3.8) is 0 Å². The van der Waals surface area contributed by atoms with E-state index in [1.807, 2.05) is 13.0 Å². The molecular weight excluding hydrogens is 248 g/mol. The van der Waals surface area contributed by atoms with Gasteiger partial charge in [-0.1, -0.05) is 12.5 Å². The van der Waals surface area contributed by atoms with Gasteiger partial charge in [0, 0.05) is 5.69 Å². The van der Waals surface area contributed by atoms with Crippen LogP contribution in [-0.2, 0) is 17.6 Å². The Hall–Kier alpha value is -1.35. The van der Waals surface area contributed by atoms with E-state index in [9.17, 15) is 4.79 Å². The van der Waals surface area contributed by atoms with E-state index in [1.165, 1.54) is 43.2 Å². The average Bonchev–Trinajstić information content (AvgIpc) is 2.95. The molecule has 0 unspecified atom stereocenters. The van der Waals surface area contributed by atoms with Crippen LogP contribution in [0.2, 0.25) is 0 Å². The van der Waals surface area contributed by atoms with Gasteiger partial charge in [-0.3, -0.25) is 9.69 Å². The molecule has 0 saturated carbocycles. The molecule has 1 N–H and O–H groups in total. The zero-order valence-electron chi connectivity index (χ0n) is 12.3. The summed E-state index contributed by atoms with van der Waals surface area (Å²) in [5.74, 6) is 0.129. The monoisotopic (exact) mass is 272 g/mol. The van der Waals surface area contributed by atoms with E-state index in [0.717, 1.165) is 25.2 Å². The van der Waals surface area contributed by atoms with Gasteiger partial charge in [-0.2, -0.15) is 0 Å². The van der Waals surface area contributed by atoms with Crippen molar-refractivity contribution in [2.75, 3.05) is 18.4 Å². The van der Waals surface area contributed by atoms with Crippen LogP contribution in [0.1, 0.15) is 43.7 Å². The van der Waals surface area contributed by atoms with Crippen LogP contribution in [0.3, 0.4) is 0 Å². The normalized spacial score (nSPS) is 20.4.